The fourth-order valence-electron chi connectivity index (χ4n) is 2.87. The van der Waals surface area contributed by atoms with Crippen LogP contribution >= 0.6 is 36.7 Å². The Kier molecular flexibility index (Phi) is 24.1. The minimum absolute atomic E-state index is 0. The van der Waals surface area contributed by atoms with Crippen LogP contribution in [0.25, 0.3) is 16.2 Å². The fraction of sp³-hybridized carbons (Fsp3) is 0.320. The molecule has 0 aromatic carbocycles. The summed E-state index contributed by atoms with van der Waals surface area (Å²) in [6.45, 7) is 10.4. The number of pyridine rings is 2. The van der Waals surface area contributed by atoms with Crippen molar-refractivity contribution in [3.05, 3.63) is 75.4 Å². The molecule has 9 nitrogen and oxygen atoms in total. The average molecular weight is 701 g/mol. The molecule has 2 aromatic rings. The van der Waals surface area contributed by atoms with Crippen molar-refractivity contribution in [2.24, 2.45) is 20.0 Å². The van der Waals surface area contributed by atoms with Crippen molar-refractivity contribution in [1.82, 2.24) is 9.97 Å². The third-order valence-corrected chi connectivity index (χ3v) is 4.58. The van der Waals surface area contributed by atoms with Gasteiger partial charge in [-0.05, 0) is 52.0 Å². The van der Waals surface area contributed by atoms with E-state index in [9.17, 15) is 0 Å². The number of aliphatic imine (C=N–C) groups is 4. The first-order valence-corrected chi connectivity index (χ1v) is 12.0. The summed E-state index contributed by atoms with van der Waals surface area (Å²) in [4.78, 5) is 27.9. The Bertz CT molecular complexity index is 1070. The van der Waals surface area contributed by atoms with Gasteiger partial charge in [0.2, 0.25) is 0 Å². The Labute approximate surface area is 280 Å². The second kappa shape index (κ2) is 24.0. The van der Waals surface area contributed by atoms with Gasteiger partial charge in [-0.3, -0.25) is 20.0 Å². The van der Waals surface area contributed by atoms with E-state index < -0.39 is 0 Å². The fourth-order valence-corrected chi connectivity index (χ4v) is 2.87. The van der Waals surface area contributed by atoms with Crippen molar-refractivity contribution in [1.29, 1.82) is 0 Å². The van der Waals surface area contributed by atoms with Crippen molar-refractivity contribution in [2.75, 3.05) is 26.2 Å². The van der Waals surface area contributed by atoms with E-state index in [-0.39, 0.29) is 49.4 Å². The molecule has 1 aliphatic rings. The van der Waals surface area contributed by atoms with Crippen LogP contribution in [0.1, 0.15) is 50.5 Å². The Hall–Kier alpha value is -2.04. The number of hydrogen-bond donors (Lipinski definition) is 0. The summed E-state index contributed by atoms with van der Waals surface area (Å²) in [6.07, 6.45) is 0. The number of nitrogens with zero attached hydrogens (tertiary/aromatic N) is 9. The first kappa shape index (κ1) is 38.1. The monoisotopic (exact) mass is 701 g/mol. The second-order valence-electron chi connectivity index (χ2n) is 6.96. The van der Waals surface area contributed by atoms with Crippen LogP contribution < -0.4 is 0 Å². The van der Waals surface area contributed by atoms with E-state index >= 15 is 0 Å². The number of thiocarbonyl (C=S) groups is 3. The molecular formula is C25H26EuN9S3. The second-order valence-corrected chi connectivity index (χ2v) is 7.51. The SMILES string of the molecule is CC1=NCCN=C(C)c2cccc(n2)C(C)=NCCN=C(C)c2cccc1n2.[Eu+3].[N-]=C=S.[N-]=C=S.[N-]=C=S. The summed E-state index contributed by atoms with van der Waals surface area (Å²) in [6, 6.07) is 11.9. The van der Waals surface area contributed by atoms with Crippen LogP contribution in [0.15, 0.2) is 56.4 Å². The minimum atomic E-state index is 0. The molecule has 0 aliphatic carbocycles. The van der Waals surface area contributed by atoms with E-state index in [0.29, 0.717) is 26.2 Å². The smallest absolute Gasteiger partial charge is 0.753 e. The molecule has 0 fully saturated rings. The molecule has 3 heterocycles. The van der Waals surface area contributed by atoms with Crippen LogP contribution in [0.5, 0.6) is 0 Å². The van der Waals surface area contributed by atoms with Gasteiger partial charge in [-0.15, -0.1) is 0 Å². The van der Waals surface area contributed by atoms with Gasteiger partial charge >= 0.3 is 49.4 Å². The molecule has 0 N–H and O–H groups in total. The molecule has 3 rings (SSSR count). The molecule has 0 radical (unpaired) electrons. The van der Waals surface area contributed by atoms with Crippen molar-refractivity contribution in [3.8, 4) is 0 Å². The Balaban J connectivity index is 0. The first-order valence-electron chi connectivity index (χ1n) is 10.8. The van der Waals surface area contributed by atoms with E-state index in [1.165, 1.54) is 15.5 Å². The van der Waals surface area contributed by atoms with Crippen LogP contribution in [0.2, 0.25) is 0 Å². The van der Waals surface area contributed by atoms with Gasteiger partial charge in [0.05, 0.1) is 71.8 Å². The maximum Gasteiger partial charge on any atom is 3.00 e. The van der Waals surface area contributed by atoms with Gasteiger partial charge in [0.1, 0.15) is 0 Å². The number of aromatic nitrogens is 2. The van der Waals surface area contributed by atoms with E-state index in [1.807, 2.05) is 64.1 Å². The summed E-state index contributed by atoms with van der Waals surface area (Å²) in [5, 5.41) is 25.4. The third-order valence-electron chi connectivity index (χ3n) is 4.58. The predicted molar refractivity (Wildman–Crippen MR) is 165 cm³/mol. The van der Waals surface area contributed by atoms with Crippen molar-refractivity contribution in [2.45, 2.75) is 27.7 Å². The predicted octanol–water partition coefficient (Wildman–Crippen LogP) is 5.40. The quantitative estimate of drug-likeness (QED) is 0.267. The molecule has 4 bridgehead atoms. The van der Waals surface area contributed by atoms with Crippen LogP contribution in [0, 0.1) is 49.4 Å². The van der Waals surface area contributed by atoms with Crippen LogP contribution in [-0.4, -0.2) is 74.5 Å². The van der Waals surface area contributed by atoms with Crippen molar-refractivity contribution in [3.63, 3.8) is 0 Å². The molecule has 196 valence electrons. The van der Waals surface area contributed by atoms with Gasteiger partial charge in [0, 0.05) is 0 Å². The Morgan fingerprint density at radius 3 is 0.895 bits per heavy atom. The third kappa shape index (κ3) is 16.0. The molecule has 0 spiro atoms. The maximum atomic E-state index is 7.13. The summed E-state index contributed by atoms with van der Waals surface area (Å²) < 4.78 is 0. The largest absolute Gasteiger partial charge is 3.00 e. The first-order chi connectivity index (χ1) is 17.8. The molecular weight excluding hydrogens is 675 g/mol. The van der Waals surface area contributed by atoms with Crippen LogP contribution in [-0.2, 0) is 0 Å². The molecule has 0 atom stereocenters. The van der Waals surface area contributed by atoms with Gasteiger partial charge in [-0.2, -0.15) is 15.5 Å². The molecule has 0 unspecified atom stereocenters. The van der Waals surface area contributed by atoms with Gasteiger partial charge in [0.15, 0.2) is 0 Å². The van der Waals surface area contributed by atoms with Crippen molar-refractivity contribution >= 4 is 75.0 Å². The maximum absolute atomic E-state index is 7.13. The van der Waals surface area contributed by atoms with Crippen molar-refractivity contribution < 1.29 is 49.4 Å². The zero-order valence-electron chi connectivity index (χ0n) is 21.4. The molecule has 13 heteroatoms. The standard InChI is InChI=1S/C22H26N6.3CNS.Eu/c1-15-19-7-5-8-20(27-19)16(2)25-13-14-26-18(4)22-10-6-9-21(28-22)17(3)24-12-11-23-15;3*2-1-3;/h5-10H,11-14H2,1-4H3;;;;/q;3*-1;+3. The number of isothiocyanates is 3. The van der Waals surface area contributed by atoms with E-state index in [4.69, 9.17) is 26.2 Å². The Morgan fingerprint density at radius 1 is 0.526 bits per heavy atom. The zero-order valence-corrected chi connectivity index (χ0v) is 26.3. The molecule has 0 saturated carbocycles. The molecule has 1 aliphatic heterocycles. The topological polar surface area (TPSA) is 142 Å². The Morgan fingerprint density at radius 2 is 0.711 bits per heavy atom. The van der Waals surface area contributed by atoms with Crippen LogP contribution in [0.4, 0.5) is 0 Å². The van der Waals surface area contributed by atoms with Gasteiger partial charge < -0.3 is 16.2 Å². The normalized spacial score (nSPS) is 12.5. The number of fused-ring (bicyclic) bond motifs is 4. The van der Waals surface area contributed by atoms with E-state index in [2.05, 4.69) is 56.6 Å². The molecule has 0 saturated heterocycles. The van der Waals surface area contributed by atoms with Gasteiger partial charge in [-0.1, -0.05) is 48.8 Å². The van der Waals surface area contributed by atoms with E-state index in [0.717, 1.165) is 45.6 Å². The summed E-state index contributed by atoms with van der Waals surface area (Å²) in [5.41, 5.74) is 7.12. The van der Waals surface area contributed by atoms with Gasteiger partial charge in [0.25, 0.3) is 0 Å². The average Bonchev–Trinajstić information content (AvgIpc) is 2.89. The van der Waals surface area contributed by atoms with E-state index in [1.54, 1.807) is 0 Å². The summed E-state index contributed by atoms with van der Waals surface area (Å²) in [7, 11) is 0. The minimum Gasteiger partial charge on any atom is -0.753 e. The molecule has 38 heavy (non-hydrogen) atoms. The number of hydrogen-bond acceptors (Lipinski definition) is 9. The summed E-state index contributed by atoms with van der Waals surface area (Å²) in [5.74, 6) is 0. The number of rotatable bonds is 0. The zero-order chi connectivity index (χ0) is 28.1. The molecule has 0 amide bonds. The summed E-state index contributed by atoms with van der Waals surface area (Å²) >= 11 is 11.1. The van der Waals surface area contributed by atoms with Gasteiger partial charge in [-0.25, -0.2) is 9.97 Å². The molecule has 2 aromatic heterocycles. The van der Waals surface area contributed by atoms with Crippen LogP contribution in [0.3, 0.4) is 0 Å².